The number of benzene rings is 2. The number of anilines is 1. The van der Waals surface area contributed by atoms with Crippen molar-refractivity contribution in [2.24, 2.45) is 0 Å². The Morgan fingerprint density at radius 2 is 1.68 bits per heavy atom. The van der Waals surface area contributed by atoms with E-state index >= 15 is 0 Å². The predicted molar refractivity (Wildman–Crippen MR) is 116 cm³/mol. The van der Waals surface area contributed by atoms with Crippen LogP contribution in [0.3, 0.4) is 0 Å². The van der Waals surface area contributed by atoms with Gasteiger partial charge in [0, 0.05) is 13.1 Å². The van der Waals surface area contributed by atoms with Crippen LogP contribution in [0, 0.1) is 0 Å². The third-order valence-corrected chi connectivity index (χ3v) is 6.17. The molecule has 0 saturated carbocycles. The Balaban J connectivity index is 1.83. The van der Waals surface area contributed by atoms with Crippen molar-refractivity contribution in [3.8, 4) is 0 Å². The number of para-hydroxylation sites is 1. The SMILES string of the molecule is CCOC(=O)c1ccc(S(=O)(=O)Nc2ccccc2C(=O)N2CC(C)OC(C)C2)cc1. The monoisotopic (exact) mass is 446 g/mol. The first kappa shape index (κ1) is 22.8. The smallest absolute Gasteiger partial charge is 0.338 e. The Morgan fingerprint density at radius 3 is 2.29 bits per heavy atom. The van der Waals surface area contributed by atoms with E-state index in [0.717, 1.165) is 0 Å². The summed E-state index contributed by atoms with van der Waals surface area (Å²) in [4.78, 5) is 26.5. The maximum Gasteiger partial charge on any atom is 0.338 e. The average Bonchev–Trinajstić information content (AvgIpc) is 2.73. The average molecular weight is 447 g/mol. The number of ether oxygens (including phenoxy) is 2. The molecule has 0 radical (unpaired) electrons. The van der Waals surface area contributed by atoms with E-state index in [9.17, 15) is 18.0 Å². The first-order valence-corrected chi connectivity index (χ1v) is 11.5. The van der Waals surface area contributed by atoms with Crippen LogP contribution >= 0.6 is 0 Å². The molecule has 1 aliphatic rings. The number of hydrogen-bond donors (Lipinski definition) is 1. The summed E-state index contributed by atoms with van der Waals surface area (Å²) in [6, 6.07) is 11.9. The van der Waals surface area contributed by atoms with Crippen LogP contribution in [-0.4, -0.2) is 57.1 Å². The van der Waals surface area contributed by atoms with Crippen LogP contribution < -0.4 is 4.72 Å². The highest BCUT2D eigenvalue weighted by Crippen LogP contribution is 2.23. The van der Waals surface area contributed by atoms with Gasteiger partial charge in [-0.3, -0.25) is 9.52 Å². The second kappa shape index (κ2) is 9.49. The lowest BCUT2D eigenvalue weighted by molar-refractivity contribution is -0.0585. The lowest BCUT2D eigenvalue weighted by Crippen LogP contribution is -2.48. The van der Waals surface area contributed by atoms with Crippen LogP contribution in [0.15, 0.2) is 53.4 Å². The molecule has 3 rings (SSSR count). The van der Waals surface area contributed by atoms with Gasteiger partial charge in [0.25, 0.3) is 15.9 Å². The van der Waals surface area contributed by atoms with Gasteiger partial charge in [-0.15, -0.1) is 0 Å². The summed E-state index contributed by atoms with van der Waals surface area (Å²) in [7, 11) is -3.97. The zero-order chi connectivity index (χ0) is 22.6. The van der Waals surface area contributed by atoms with Gasteiger partial charge < -0.3 is 14.4 Å². The molecule has 31 heavy (non-hydrogen) atoms. The molecular weight excluding hydrogens is 420 g/mol. The highest BCUT2D eigenvalue weighted by Gasteiger charge is 2.28. The highest BCUT2D eigenvalue weighted by molar-refractivity contribution is 7.92. The van der Waals surface area contributed by atoms with E-state index in [4.69, 9.17) is 9.47 Å². The number of hydrogen-bond acceptors (Lipinski definition) is 6. The number of esters is 1. The summed E-state index contributed by atoms with van der Waals surface area (Å²) in [5.74, 6) is -0.790. The summed E-state index contributed by atoms with van der Waals surface area (Å²) in [5.41, 5.74) is 0.705. The second-order valence-corrected chi connectivity index (χ2v) is 9.05. The van der Waals surface area contributed by atoms with E-state index < -0.39 is 16.0 Å². The minimum atomic E-state index is -3.97. The molecule has 0 aliphatic carbocycles. The van der Waals surface area contributed by atoms with Crippen molar-refractivity contribution in [2.75, 3.05) is 24.4 Å². The van der Waals surface area contributed by atoms with E-state index in [1.54, 1.807) is 36.1 Å². The molecule has 0 spiro atoms. The number of nitrogens with zero attached hydrogens (tertiary/aromatic N) is 1. The highest BCUT2D eigenvalue weighted by atomic mass is 32.2. The molecule has 2 atom stereocenters. The van der Waals surface area contributed by atoms with Gasteiger partial charge in [-0.1, -0.05) is 12.1 Å². The molecule has 1 fully saturated rings. The molecule has 1 saturated heterocycles. The first-order chi connectivity index (χ1) is 14.7. The maximum atomic E-state index is 13.1. The van der Waals surface area contributed by atoms with E-state index in [2.05, 4.69) is 4.72 Å². The van der Waals surface area contributed by atoms with Crippen LogP contribution in [0.2, 0.25) is 0 Å². The minimum absolute atomic E-state index is 0.0311. The molecule has 0 bridgehead atoms. The molecule has 2 aromatic rings. The molecule has 0 aromatic heterocycles. The van der Waals surface area contributed by atoms with Crippen molar-refractivity contribution >= 4 is 27.6 Å². The molecule has 2 aromatic carbocycles. The van der Waals surface area contributed by atoms with Crippen molar-refractivity contribution in [3.05, 3.63) is 59.7 Å². The standard InChI is InChI=1S/C22H26N2O6S/c1-4-29-22(26)17-9-11-18(12-10-17)31(27,28)23-20-8-6-5-7-19(20)21(25)24-13-15(2)30-16(3)14-24/h5-12,15-16,23H,4,13-14H2,1-3H3. The van der Waals surface area contributed by atoms with Gasteiger partial charge in [-0.05, 0) is 57.2 Å². The zero-order valence-corrected chi connectivity index (χ0v) is 18.5. The molecule has 9 heteroatoms. The number of carbonyl (C=O) groups is 2. The van der Waals surface area contributed by atoms with Gasteiger partial charge in [-0.25, -0.2) is 13.2 Å². The van der Waals surface area contributed by atoms with E-state index in [0.29, 0.717) is 13.1 Å². The topological polar surface area (TPSA) is 102 Å². The fourth-order valence-corrected chi connectivity index (χ4v) is 4.54. The molecule has 2 unspecified atom stereocenters. The zero-order valence-electron chi connectivity index (χ0n) is 17.7. The normalized spacial score (nSPS) is 19.0. The van der Waals surface area contributed by atoms with Gasteiger partial charge in [0.05, 0.1) is 40.5 Å². The predicted octanol–water partition coefficient (Wildman–Crippen LogP) is 2.91. The number of amides is 1. The number of sulfonamides is 1. The van der Waals surface area contributed by atoms with Gasteiger partial charge >= 0.3 is 5.97 Å². The Hall–Kier alpha value is -2.91. The second-order valence-electron chi connectivity index (χ2n) is 7.36. The number of rotatable bonds is 6. The fourth-order valence-electron chi connectivity index (χ4n) is 3.46. The summed E-state index contributed by atoms with van der Waals surface area (Å²) < 4.78 is 38.9. The number of nitrogens with one attached hydrogen (secondary N) is 1. The van der Waals surface area contributed by atoms with Crippen molar-refractivity contribution < 1.29 is 27.5 Å². The third-order valence-electron chi connectivity index (χ3n) is 4.78. The van der Waals surface area contributed by atoms with Crippen molar-refractivity contribution in [1.82, 2.24) is 4.90 Å². The van der Waals surface area contributed by atoms with E-state index in [-0.39, 0.29) is 46.4 Å². The molecule has 1 amide bonds. The molecular formula is C22H26N2O6S. The van der Waals surface area contributed by atoms with E-state index in [1.807, 2.05) is 13.8 Å². The molecule has 8 nitrogen and oxygen atoms in total. The molecule has 1 aliphatic heterocycles. The van der Waals surface area contributed by atoms with Gasteiger partial charge in [0.2, 0.25) is 0 Å². The lowest BCUT2D eigenvalue weighted by Gasteiger charge is -2.35. The maximum absolute atomic E-state index is 13.1. The van der Waals surface area contributed by atoms with Crippen molar-refractivity contribution in [1.29, 1.82) is 0 Å². The summed E-state index contributed by atoms with van der Waals surface area (Å²) in [5, 5.41) is 0. The van der Waals surface area contributed by atoms with E-state index in [1.165, 1.54) is 24.3 Å². The fraction of sp³-hybridized carbons (Fsp3) is 0.364. The van der Waals surface area contributed by atoms with Crippen molar-refractivity contribution in [3.63, 3.8) is 0 Å². The number of morpholine rings is 1. The molecule has 1 heterocycles. The Labute approximate surface area is 182 Å². The molecule has 1 N–H and O–H groups in total. The van der Waals surface area contributed by atoms with Crippen LogP contribution in [0.5, 0.6) is 0 Å². The first-order valence-electron chi connectivity index (χ1n) is 10.0. The van der Waals surface area contributed by atoms with Gasteiger partial charge in [-0.2, -0.15) is 0 Å². The van der Waals surface area contributed by atoms with Crippen molar-refractivity contribution in [2.45, 2.75) is 37.9 Å². The largest absolute Gasteiger partial charge is 0.462 e. The quantitative estimate of drug-likeness (QED) is 0.685. The van der Waals surface area contributed by atoms with Gasteiger partial charge in [0.15, 0.2) is 0 Å². The minimum Gasteiger partial charge on any atom is -0.462 e. The third kappa shape index (κ3) is 5.42. The van der Waals surface area contributed by atoms with Crippen LogP contribution in [0.1, 0.15) is 41.5 Å². The Kier molecular flexibility index (Phi) is 6.97. The van der Waals surface area contributed by atoms with Crippen LogP contribution in [-0.2, 0) is 19.5 Å². The summed E-state index contributed by atoms with van der Waals surface area (Å²) in [6.45, 7) is 6.57. The summed E-state index contributed by atoms with van der Waals surface area (Å²) >= 11 is 0. The molecule has 166 valence electrons. The lowest BCUT2D eigenvalue weighted by atomic mass is 10.1. The Bertz CT molecular complexity index is 1040. The Morgan fingerprint density at radius 1 is 1.06 bits per heavy atom. The number of carbonyl (C=O) groups excluding carboxylic acids is 2. The van der Waals surface area contributed by atoms with Crippen LogP contribution in [0.25, 0.3) is 0 Å². The van der Waals surface area contributed by atoms with Crippen LogP contribution in [0.4, 0.5) is 5.69 Å². The summed E-state index contributed by atoms with van der Waals surface area (Å²) in [6.07, 6.45) is -0.205. The van der Waals surface area contributed by atoms with Gasteiger partial charge in [0.1, 0.15) is 0 Å².